The van der Waals surface area contributed by atoms with Gasteiger partial charge in [-0.15, -0.1) is 0 Å². The Balaban J connectivity index is 2.51. The summed E-state index contributed by atoms with van der Waals surface area (Å²) in [6, 6.07) is -0.178. The highest BCUT2D eigenvalue weighted by Crippen LogP contribution is 2.38. The highest BCUT2D eigenvalue weighted by molar-refractivity contribution is 9.13. The van der Waals surface area contributed by atoms with E-state index in [0.717, 1.165) is 34.3 Å². The average molecular weight is 409 g/mol. The van der Waals surface area contributed by atoms with Gasteiger partial charge in [0.25, 0.3) is 0 Å². The Hall–Kier alpha value is -0.560. The summed E-state index contributed by atoms with van der Waals surface area (Å²) >= 11 is 6.99. The lowest BCUT2D eigenvalue weighted by Gasteiger charge is -2.35. The van der Waals surface area contributed by atoms with Crippen molar-refractivity contribution in [2.24, 2.45) is 0 Å². The first kappa shape index (κ1) is 15.8. The van der Waals surface area contributed by atoms with Gasteiger partial charge in [-0.05, 0) is 71.9 Å². The molecule has 0 aliphatic carbocycles. The number of hydrogen-bond acceptors (Lipinski definition) is 2. The van der Waals surface area contributed by atoms with Crippen molar-refractivity contribution in [3.05, 3.63) is 15.0 Å². The van der Waals surface area contributed by atoms with Gasteiger partial charge in [0.1, 0.15) is 15.0 Å². The minimum absolute atomic E-state index is 0.172. The molecule has 5 nitrogen and oxygen atoms in total. The number of imidazole rings is 1. The quantitative estimate of drug-likeness (QED) is 0.750. The second kappa shape index (κ2) is 5.67. The number of rotatable bonds is 1. The molecule has 1 atom stereocenters. The van der Waals surface area contributed by atoms with Crippen LogP contribution < -0.4 is 0 Å². The van der Waals surface area contributed by atoms with Gasteiger partial charge in [-0.1, -0.05) is 0 Å². The second-order valence-corrected chi connectivity index (χ2v) is 7.55. The van der Waals surface area contributed by atoms with Crippen LogP contribution in [0.5, 0.6) is 0 Å². The maximum absolute atomic E-state index is 11.5. The molecule has 2 rings (SSSR count). The van der Waals surface area contributed by atoms with Crippen molar-refractivity contribution in [2.45, 2.75) is 51.6 Å². The van der Waals surface area contributed by atoms with E-state index in [9.17, 15) is 9.90 Å². The van der Waals surface area contributed by atoms with E-state index in [1.807, 2.05) is 0 Å². The number of amides is 1. The van der Waals surface area contributed by atoms with E-state index in [-0.39, 0.29) is 11.6 Å². The molecule has 1 aromatic heterocycles. The van der Waals surface area contributed by atoms with Gasteiger partial charge in [0, 0.05) is 12.1 Å². The SMILES string of the molecule is CC(C)(C)n1c(C2CCCCN2C(=O)O)nc(Br)c1Br. The number of likely N-dealkylation sites (tertiary alicyclic amines) is 1. The maximum atomic E-state index is 11.5. The van der Waals surface area contributed by atoms with Gasteiger partial charge >= 0.3 is 6.09 Å². The van der Waals surface area contributed by atoms with E-state index < -0.39 is 6.09 Å². The molecule has 1 saturated heterocycles. The Bertz CT molecular complexity index is 522. The molecule has 0 bridgehead atoms. The van der Waals surface area contributed by atoms with E-state index in [0.29, 0.717) is 6.54 Å². The minimum atomic E-state index is -0.870. The fraction of sp³-hybridized carbons (Fsp3) is 0.692. The molecule has 1 aliphatic rings. The van der Waals surface area contributed by atoms with Crippen LogP contribution in [0.15, 0.2) is 9.21 Å². The van der Waals surface area contributed by atoms with Crippen molar-refractivity contribution in [1.82, 2.24) is 14.5 Å². The van der Waals surface area contributed by atoms with Crippen LogP contribution in [0.25, 0.3) is 0 Å². The van der Waals surface area contributed by atoms with Crippen LogP contribution in [0.4, 0.5) is 4.79 Å². The van der Waals surface area contributed by atoms with Gasteiger partial charge in [0.15, 0.2) is 0 Å². The van der Waals surface area contributed by atoms with Gasteiger partial charge in [0.2, 0.25) is 0 Å². The molecule has 2 heterocycles. The first-order chi connectivity index (χ1) is 9.23. The van der Waals surface area contributed by atoms with Crippen LogP contribution in [0.2, 0.25) is 0 Å². The molecule has 1 aromatic rings. The average Bonchev–Trinajstić information content (AvgIpc) is 2.65. The number of carbonyl (C=O) groups is 1. The van der Waals surface area contributed by atoms with Crippen molar-refractivity contribution >= 4 is 38.0 Å². The molecule has 1 fully saturated rings. The van der Waals surface area contributed by atoms with Crippen LogP contribution in [0.1, 0.15) is 51.9 Å². The highest BCUT2D eigenvalue weighted by atomic mass is 79.9. The standard InChI is InChI=1S/C13H19Br2N3O2/c1-13(2,3)18-10(15)9(14)16-11(18)8-6-4-5-7-17(8)12(19)20/h8H,4-7H2,1-3H3,(H,19,20). The molecule has 1 N–H and O–H groups in total. The number of halogens is 2. The molecule has 112 valence electrons. The summed E-state index contributed by atoms with van der Waals surface area (Å²) in [4.78, 5) is 17.5. The molecule has 0 spiro atoms. The van der Waals surface area contributed by atoms with Crippen LogP contribution >= 0.6 is 31.9 Å². The Labute approximate surface area is 135 Å². The summed E-state index contributed by atoms with van der Waals surface area (Å²) in [5.74, 6) is 0.804. The molecular formula is C13H19Br2N3O2. The van der Waals surface area contributed by atoms with Gasteiger partial charge in [0.05, 0.1) is 6.04 Å². The molecule has 1 amide bonds. The normalized spacial score (nSPS) is 20.2. The smallest absolute Gasteiger partial charge is 0.407 e. The van der Waals surface area contributed by atoms with E-state index in [2.05, 4.69) is 62.2 Å². The molecule has 0 aromatic carbocycles. The summed E-state index contributed by atoms with van der Waals surface area (Å²) in [5.41, 5.74) is -0.172. The molecule has 7 heteroatoms. The summed E-state index contributed by atoms with van der Waals surface area (Å²) < 4.78 is 3.65. The Morgan fingerprint density at radius 1 is 1.35 bits per heavy atom. The van der Waals surface area contributed by atoms with Crippen molar-refractivity contribution in [3.63, 3.8) is 0 Å². The summed E-state index contributed by atoms with van der Waals surface area (Å²) in [7, 11) is 0. The van der Waals surface area contributed by atoms with Crippen LogP contribution in [0.3, 0.4) is 0 Å². The summed E-state index contributed by atoms with van der Waals surface area (Å²) in [6.07, 6.45) is 1.89. The third kappa shape index (κ3) is 2.88. The fourth-order valence-corrected chi connectivity index (χ4v) is 3.84. The summed E-state index contributed by atoms with van der Waals surface area (Å²) in [6.45, 7) is 6.84. The van der Waals surface area contributed by atoms with Crippen LogP contribution in [-0.2, 0) is 5.54 Å². The van der Waals surface area contributed by atoms with Crippen molar-refractivity contribution in [2.75, 3.05) is 6.54 Å². The van der Waals surface area contributed by atoms with Gasteiger partial charge in [-0.2, -0.15) is 0 Å². The zero-order valence-corrected chi connectivity index (χ0v) is 15.0. The summed E-state index contributed by atoms with van der Waals surface area (Å²) in [5, 5.41) is 9.41. The largest absolute Gasteiger partial charge is 0.465 e. The van der Waals surface area contributed by atoms with Crippen molar-refractivity contribution in [3.8, 4) is 0 Å². The van der Waals surface area contributed by atoms with Crippen LogP contribution in [-0.4, -0.2) is 32.2 Å². The monoisotopic (exact) mass is 407 g/mol. The van der Waals surface area contributed by atoms with E-state index in [1.54, 1.807) is 0 Å². The molecule has 0 saturated carbocycles. The zero-order valence-electron chi connectivity index (χ0n) is 11.9. The van der Waals surface area contributed by atoms with Gasteiger partial charge in [-0.3, -0.25) is 4.90 Å². The highest BCUT2D eigenvalue weighted by Gasteiger charge is 2.35. The second-order valence-electron chi connectivity index (χ2n) is 6.05. The lowest BCUT2D eigenvalue weighted by molar-refractivity contribution is 0.100. The Kier molecular flexibility index (Phi) is 4.49. The molecule has 1 unspecified atom stereocenters. The molecule has 1 aliphatic heterocycles. The van der Waals surface area contributed by atoms with Crippen LogP contribution in [0, 0.1) is 0 Å². The molecule has 20 heavy (non-hydrogen) atoms. The van der Waals surface area contributed by atoms with E-state index >= 15 is 0 Å². The van der Waals surface area contributed by atoms with Crippen molar-refractivity contribution < 1.29 is 9.90 Å². The van der Waals surface area contributed by atoms with Gasteiger partial charge < -0.3 is 9.67 Å². The number of carboxylic acid groups (broad SMARTS) is 1. The third-order valence-corrected chi connectivity index (χ3v) is 5.34. The first-order valence-corrected chi connectivity index (χ1v) is 8.25. The maximum Gasteiger partial charge on any atom is 0.407 e. The topological polar surface area (TPSA) is 58.4 Å². The first-order valence-electron chi connectivity index (χ1n) is 6.67. The van der Waals surface area contributed by atoms with E-state index in [4.69, 9.17) is 0 Å². The van der Waals surface area contributed by atoms with Crippen molar-refractivity contribution in [1.29, 1.82) is 0 Å². The molecular weight excluding hydrogens is 390 g/mol. The predicted octanol–water partition coefficient (Wildman–Crippen LogP) is 4.37. The fourth-order valence-electron chi connectivity index (χ4n) is 2.68. The Morgan fingerprint density at radius 2 is 2.00 bits per heavy atom. The zero-order chi connectivity index (χ0) is 15.1. The number of nitrogens with zero attached hydrogens (tertiary/aromatic N) is 3. The lowest BCUT2D eigenvalue weighted by atomic mass is 10.0. The molecule has 0 radical (unpaired) electrons. The number of hydrogen-bond donors (Lipinski definition) is 1. The number of aromatic nitrogens is 2. The minimum Gasteiger partial charge on any atom is -0.465 e. The van der Waals surface area contributed by atoms with E-state index in [1.165, 1.54) is 4.90 Å². The third-order valence-electron chi connectivity index (χ3n) is 3.53. The number of piperidine rings is 1. The lowest BCUT2D eigenvalue weighted by Crippen LogP contribution is -2.40. The van der Waals surface area contributed by atoms with Gasteiger partial charge in [-0.25, -0.2) is 9.78 Å². The predicted molar refractivity (Wildman–Crippen MR) is 83.9 cm³/mol. The Morgan fingerprint density at radius 3 is 2.55 bits per heavy atom.